The summed E-state index contributed by atoms with van der Waals surface area (Å²) in [5.74, 6) is -2.88. The van der Waals surface area contributed by atoms with Gasteiger partial charge in [0, 0.05) is 19.4 Å². The number of nitrogens with zero attached hydrogens (tertiary/aromatic N) is 2. The Balaban J connectivity index is 2.91. The molecule has 0 radical (unpaired) electrons. The van der Waals surface area contributed by atoms with Crippen LogP contribution in [0.15, 0.2) is 4.40 Å². The largest absolute Gasteiger partial charge is 0.591 e. The van der Waals surface area contributed by atoms with E-state index in [1.165, 1.54) is 11.1 Å². The van der Waals surface area contributed by atoms with Gasteiger partial charge in [0.15, 0.2) is 0 Å². The zero-order chi connectivity index (χ0) is 18.1. The van der Waals surface area contributed by atoms with E-state index in [0.29, 0.717) is 0 Å². The third-order valence-corrected chi connectivity index (χ3v) is 4.47. The number of hydrogen-bond donors (Lipinski definition) is 0. The van der Waals surface area contributed by atoms with Crippen molar-refractivity contribution in [2.75, 3.05) is 6.54 Å². The maximum Gasteiger partial charge on any atom is 0.410 e. The lowest BCUT2D eigenvalue weighted by Crippen LogP contribution is -2.52. The SMILES string of the molecule is CC(C)(C)OC(=O)N1CCC(F)(F)CC1/C=N/[S@+]([O-])C(C)(C)C. The number of rotatable bonds is 2. The molecule has 0 aliphatic carbocycles. The first-order valence-electron chi connectivity index (χ1n) is 7.55. The second-order valence-electron chi connectivity index (χ2n) is 7.67. The lowest BCUT2D eigenvalue weighted by atomic mass is 10.00. The van der Waals surface area contributed by atoms with Crippen molar-refractivity contribution in [2.24, 2.45) is 4.40 Å². The van der Waals surface area contributed by atoms with Gasteiger partial charge in [0.05, 0.1) is 12.3 Å². The van der Waals surface area contributed by atoms with Crippen LogP contribution in [-0.4, -0.2) is 50.6 Å². The van der Waals surface area contributed by atoms with Crippen LogP contribution >= 0.6 is 0 Å². The molecule has 0 bridgehead atoms. The lowest BCUT2D eigenvalue weighted by Gasteiger charge is -2.37. The molecule has 1 aliphatic rings. The van der Waals surface area contributed by atoms with Gasteiger partial charge in [-0.05, 0) is 41.5 Å². The smallest absolute Gasteiger partial charge is 0.410 e. The van der Waals surface area contributed by atoms with E-state index < -0.39 is 52.6 Å². The second-order valence-corrected chi connectivity index (χ2v) is 9.60. The lowest BCUT2D eigenvalue weighted by molar-refractivity contribution is -0.0676. The molecule has 0 N–H and O–H groups in total. The van der Waals surface area contributed by atoms with E-state index in [0.717, 1.165) is 0 Å². The van der Waals surface area contributed by atoms with Crippen LogP contribution in [0.5, 0.6) is 0 Å². The first-order chi connectivity index (χ1) is 10.2. The fourth-order valence-corrected chi connectivity index (χ4v) is 2.50. The normalized spacial score (nSPS) is 23.9. The number of carbonyl (C=O) groups excluding carboxylic acids is 1. The summed E-state index contributed by atoms with van der Waals surface area (Å²) in [6, 6.07) is -0.931. The van der Waals surface area contributed by atoms with E-state index in [1.807, 2.05) is 0 Å². The van der Waals surface area contributed by atoms with Crippen LogP contribution in [0.2, 0.25) is 0 Å². The molecule has 1 amide bonds. The fraction of sp³-hybridized carbons (Fsp3) is 0.867. The third kappa shape index (κ3) is 6.63. The summed E-state index contributed by atoms with van der Waals surface area (Å²) >= 11 is -1.57. The van der Waals surface area contributed by atoms with Crippen molar-refractivity contribution in [3.8, 4) is 0 Å². The van der Waals surface area contributed by atoms with Gasteiger partial charge in [-0.1, -0.05) is 4.40 Å². The van der Waals surface area contributed by atoms with Gasteiger partial charge in [0.1, 0.15) is 21.7 Å². The zero-order valence-corrected chi connectivity index (χ0v) is 15.4. The van der Waals surface area contributed by atoms with Crippen molar-refractivity contribution < 1.29 is 22.9 Å². The quantitative estimate of drug-likeness (QED) is 0.564. The predicted octanol–water partition coefficient (Wildman–Crippen LogP) is 3.55. The number of hydrogen-bond acceptors (Lipinski definition) is 4. The van der Waals surface area contributed by atoms with Gasteiger partial charge >= 0.3 is 6.09 Å². The first-order valence-corrected chi connectivity index (χ1v) is 8.66. The molecule has 0 aromatic heterocycles. The van der Waals surface area contributed by atoms with Gasteiger partial charge in [-0.2, -0.15) is 0 Å². The summed E-state index contributed by atoms with van der Waals surface area (Å²) in [5.41, 5.74) is -0.715. The van der Waals surface area contributed by atoms with Gasteiger partial charge in [-0.15, -0.1) is 0 Å². The molecule has 1 rings (SSSR count). The minimum Gasteiger partial charge on any atom is -0.591 e. The molecule has 1 fully saturated rings. The number of halogens is 2. The summed E-state index contributed by atoms with van der Waals surface area (Å²) in [4.78, 5) is 13.4. The van der Waals surface area contributed by atoms with Crippen LogP contribution in [0.1, 0.15) is 54.4 Å². The highest BCUT2D eigenvalue weighted by atomic mass is 32.2. The molecule has 23 heavy (non-hydrogen) atoms. The molecule has 0 aromatic rings. The van der Waals surface area contributed by atoms with Gasteiger partial charge in [0.25, 0.3) is 5.92 Å². The Hall–Kier alpha value is -0.890. The average Bonchev–Trinajstić information content (AvgIpc) is 2.31. The highest BCUT2D eigenvalue weighted by molar-refractivity contribution is 7.91. The standard InChI is InChI=1S/C15H26F2N2O3S/c1-13(2,3)22-12(20)19-8-7-15(16,17)9-11(19)10-18-23(21)14(4,5)6/h10-11H,7-9H2,1-6H3/b18-10+/t11?,23-/m1/s1. The number of carbonyl (C=O) groups is 1. The van der Waals surface area contributed by atoms with E-state index in [9.17, 15) is 18.1 Å². The Morgan fingerprint density at radius 3 is 2.39 bits per heavy atom. The number of piperidine rings is 1. The van der Waals surface area contributed by atoms with Gasteiger partial charge in [-0.25, -0.2) is 13.6 Å². The Bertz CT molecular complexity index is 459. The average molecular weight is 352 g/mol. The molecule has 0 spiro atoms. The highest BCUT2D eigenvalue weighted by Gasteiger charge is 2.43. The Kier molecular flexibility index (Phi) is 6.07. The van der Waals surface area contributed by atoms with E-state index in [4.69, 9.17) is 4.74 Å². The maximum absolute atomic E-state index is 13.7. The second kappa shape index (κ2) is 6.93. The van der Waals surface area contributed by atoms with Gasteiger partial charge in [0.2, 0.25) is 0 Å². The number of ether oxygens (including phenoxy) is 1. The monoisotopic (exact) mass is 352 g/mol. The minimum absolute atomic E-state index is 0.124. The topological polar surface area (TPSA) is 65.0 Å². The molecule has 1 heterocycles. The molecular weight excluding hydrogens is 326 g/mol. The van der Waals surface area contributed by atoms with E-state index in [-0.39, 0.29) is 6.54 Å². The van der Waals surface area contributed by atoms with Gasteiger partial charge in [-0.3, -0.25) is 4.90 Å². The summed E-state index contributed by atoms with van der Waals surface area (Å²) in [5, 5.41) is 0. The zero-order valence-electron chi connectivity index (χ0n) is 14.6. The highest BCUT2D eigenvalue weighted by Crippen LogP contribution is 2.32. The Morgan fingerprint density at radius 1 is 1.35 bits per heavy atom. The van der Waals surface area contributed by atoms with Crippen molar-refractivity contribution in [1.82, 2.24) is 4.90 Å². The van der Waals surface area contributed by atoms with Gasteiger partial charge < -0.3 is 9.29 Å². The third-order valence-electron chi connectivity index (χ3n) is 3.11. The summed E-state index contributed by atoms with van der Waals surface area (Å²) < 4.78 is 47.8. The van der Waals surface area contributed by atoms with Crippen molar-refractivity contribution >= 4 is 23.7 Å². The minimum atomic E-state index is -2.88. The van der Waals surface area contributed by atoms with Crippen LogP contribution < -0.4 is 0 Å². The van der Waals surface area contributed by atoms with Crippen LogP contribution in [0, 0.1) is 0 Å². The molecule has 5 nitrogen and oxygen atoms in total. The summed E-state index contributed by atoms with van der Waals surface area (Å²) in [7, 11) is 0. The van der Waals surface area contributed by atoms with E-state index in [2.05, 4.69) is 4.40 Å². The van der Waals surface area contributed by atoms with E-state index >= 15 is 0 Å². The Labute approximate surface area is 139 Å². The fourth-order valence-electron chi connectivity index (χ4n) is 1.93. The Morgan fingerprint density at radius 2 is 1.91 bits per heavy atom. The number of alkyl halides is 2. The molecule has 134 valence electrons. The van der Waals surface area contributed by atoms with E-state index in [1.54, 1.807) is 41.5 Å². The molecule has 8 heteroatoms. The van der Waals surface area contributed by atoms with Crippen LogP contribution in [-0.2, 0) is 16.1 Å². The molecule has 1 saturated heterocycles. The van der Waals surface area contributed by atoms with Crippen LogP contribution in [0.25, 0.3) is 0 Å². The van der Waals surface area contributed by atoms with Crippen molar-refractivity contribution in [2.45, 2.75) is 76.7 Å². The molecule has 2 atom stereocenters. The molecule has 0 aromatic carbocycles. The summed E-state index contributed by atoms with van der Waals surface area (Å²) in [6.07, 6.45) is -0.431. The maximum atomic E-state index is 13.7. The van der Waals surface area contributed by atoms with Crippen LogP contribution in [0.4, 0.5) is 13.6 Å². The van der Waals surface area contributed by atoms with Crippen molar-refractivity contribution in [1.29, 1.82) is 0 Å². The molecule has 1 unspecified atom stereocenters. The molecular formula is C15H26F2N2O3S. The summed E-state index contributed by atoms with van der Waals surface area (Å²) in [6.45, 7) is 10.2. The number of amides is 1. The number of likely N-dealkylation sites (tertiary alicyclic amines) is 1. The first kappa shape index (κ1) is 20.2. The van der Waals surface area contributed by atoms with Crippen molar-refractivity contribution in [3.63, 3.8) is 0 Å². The molecule has 0 saturated carbocycles. The van der Waals surface area contributed by atoms with Crippen LogP contribution in [0.3, 0.4) is 0 Å². The molecule has 1 aliphatic heterocycles. The predicted molar refractivity (Wildman–Crippen MR) is 87.3 cm³/mol. The van der Waals surface area contributed by atoms with Crippen molar-refractivity contribution in [3.05, 3.63) is 0 Å².